The van der Waals surface area contributed by atoms with Gasteiger partial charge in [-0.05, 0) is 55.7 Å². The summed E-state index contributed by atoms with van der Waals surface area (Å²) in [5.41, 5.74) is -1.04. The first-order valence-corrected chi connectivity index (χ1v) is 10.5. The highest BCUT2D eigenvalue weighted by Gasteiger charge is 2.93. The summed E-state index contributed by atoms with van der Waals surface area (Å²) >= 11 is 0. The second-order valence-corrected chi connectivity index (χ2v) is 9.87. The minimum atomic E-state index is -1.48. The third-order valence-electron chi connectivity index (χ3n) is 9.48. The third kappa shape index (κ3) is 1.16. The standard InChI is InChI=1S/C22H24N2O4/c1-28-18(26)24-15-6-3-2-5-13(15)22-14-11-23-10-4-7-19(17(22)23)8-9-21(22,24)20(27,12-19)16(14)25/h2-3,5-6,14,17,27H,4,7-12H2,1H3/t14-,17+,19?,20-,21?,22+/m1/s1. The summed E-state index contributed by atoms with van der Waals surface area (Å²) in [4.78, 5) is 31.1. The number of fused-ring (bicyclic) bond motifs is 2. The number of para-hydroxylation sites is 1. The van der Waals surface area contributed by atoms with E-state index in [4.69, 9.17) is 4.74 Å². The van der Waals surface area contributed by atoms with E-state index >= 15 is 0 Å². The van der Waals surface area contributed by atoms with Gasteiger partial charge in [0.1, 0.15) is 5.60 Å². The fourth-order valence-electron chi connectivity index (χ4n) is 9.19. The normalized spacial score (nSPS) is 49.4. The van der Waals surface area contributed by atoms with Crippen LogP contribution >= 0.6 is 0 Å². The number of benzene rings is 1. The minimum Gasteiger partial charge on any atom is -0.452 e. The Morgan fingerprint density at radius 3 is 2.89 bits per heavy atom. The number of amides is 1. The summed E-state index contributed by atoms with van der Waals surface area (Å²) in [5, 5.41) is 12.1. The lowest BCUT2D eigenvalue weighted by Gasteiger charge is -2.69. The molecule has 3 heterocycles. The van der Waals surface area contributed by atoms with Crippen molar-refractivity contribution in [2.75, 3.05) is 25.1 Å². The zero-order valence-corrected chi connectivity index (χ0v) is 16.0. The maximum absolute atomic E-state index is 13.8. The minimum absolute atomic E-state index is 0.0328. The number of ether oxygens (including phenoxy) is 1. The molecule has 1 N–H and O–H groups in total. The van der Waals surface area contributed by atoms with Gasteiger partial charge in [-0.2, -0.15) is 0 Å². The van der Waals surface area contributed by atoms with Crippen LogP contribution in [-0.4, -0.2) is 59.3 Å². The number of ketones is 1. The van der Waals surface area contributed by atoms with Gasteiger partial charge >= 0.3 is 6.09 Å². The van der Waals surface area contributed by atoms with Crippen LogP contribution in [0.3, 0.4) is 0 Å². The number of aliphatic hydroxyl groups is 1. The van der Waals surface area contributed by atoms with Crippen molar-refractivity contribution in [1.82, 2.24) is 4.90 Å². The molecule has 0 aromatic heterocycles. The average Bonchev–Trinajstić information content (AvgIpc) is 3.23. The first-order chi connectivity index (χ1) is 13.5. The van der Waals surface area contributed by atoms with Gasteiger partial charge in [0.2, 0.25) is 0 Å². The van der Waals surface area contributed by atoms with Gasteiger partial charge in [0.05, 0.1) is 23.8 Å². The average molecular weight is 380 g/mol. The Labute approximate surface area is 163 Å². The molecule has 2 unspecified atom stereocenters. The van der Waals surface area contributed by atoms with E-state index in [1.54, 1.807) is 4.90 Å². The summed E-state index contributed by atoms with van der Waals surface area (Å²) in [6.07, 6.45) is 3.84. The molecule has 6 nitrogen and oxygen atoms in total. The van der Waals surface area contributed by atoms with Crippen LogP contribution in [0.1, 0.15) is 37.7 Å². The molecule has 3 spiro atoms. The second kappa shape index (κ2) is 4.31. The van der Waals surface area contributed by atoms with Gasteiger partial charge in [0.25, 0.3) is 0 Å². The van der Waals surface area contributed by atoms with Gasteiger partial charge in [0.15, 0.2) is 5.78 Å². The molecule has 8 rings (SSSR count). The molecule has 0 radical (unpaired) electrons. The number of methoxy groups -OCH3 is 1. The second-order valence-electron chi connectivity index (χ2n) is 9.87. The van der Waals surface area contributed by atoms with Gasteiger partial charge in [-0.25, -0.2) is 4.79 Å². The summed E-state index contributed by atoms with van der Waals surface area (Å²) in [6, 6.07) is 8.22. The predicted octanol–water partition coefficient (Wildman–Crippen LogP) is 1.84. The highest BCUT2D eigenvalue weighted by Crippen LogP contribution is 2.81. The highest BCUT2D eigenvalue weighted by atomic mass is 16.5. The van der Waals surface area contributed by atoms with E-state index in [0.717, 1.165) is 37.1 Å². The largest absolute Gasteiger partial charge is 0.452 e. The first-order valence-electron chi connectivity index (χ1n) is 10.5. The molecule has 4 saturated carbocycles. The lowest BCUT2D eigenvalue weighted by molar-refractivity contribution is -0.194. The quantitative estimate of drug-likeness (QED) is 0.744. The van der Waals surface area contributed by atoms with Crippen molar-refractivity contribution in [3.8, 4) is 0 Å². The Bertz CT molecular complexity index is 979. The number of anilines is 1. The van der Waals surface area contributed by atoms with Crippen LogP contribution in [-0.2, 0) is 14.9 Å². The van der Waals surface area contributed by atoms with Crippen molar-refractivity contribution in [2.45, 2.75) is 54.7 Å². The molecule has 4 bridgehead atoms. The molecule has 7 aliphatic rings. The van der Waals surface area contributed by atoms with Gasteiger partial charge < -0.3 is 9.84 Å². The summed E-state index contributed by atoms with van der Waals surface area (Å²) in [7, 11) is 1.39. The molecule has 6 fully saturated rings. The van der Waals surface area contributed by atoms with Crippen molar-refractivity contribution in [2.24, 2.45) is 11.3 Å². The van der Waals surface area contributed by atoms with Crippen molar-refractivity contribution < 1.29 is 19.4 Å². The Hall–Kier alpha value is -1.92. The van der Waals surface area contributed by atoms with Crippen molar-refractivity contribution in [3.63, 3.8) is 0 Å². The number of rotatable bonds is 0. The van der Waals surface area contributed by atoms with E-state index in [0.29, 0.717) is 19.4 Å². The molecule has 28 heavy (non-hydrogen) atoms. The van der Waals surface area contributed by atoms with Crippen LogP contribution in [0.15, 0.2) is 24.3 Å². The molecule has 1 aromatic carbocycles. The molecule has 146 valence electrons. The van der Waals surface area contributed by atoms with Crippen LogP contribution in [0.4, 0.5) is 10.5 Å². The number of piperidine rings is 1. The molecular formula is C22H24N2O4. The molecule has 3 aliphatic heterocycles. The predicted molar refractivity (Wildman–Crippen MR) is 100 cm³/mol. The topological polar surface area (TPSA) is 70.1 Å². The number of carbonyl (C=O) groups excluding carboxylic acids is 2. The highest BCUT2D eigenvalue weighted by molar-refractivity contribution is 6.07. The third-order valence-corrected chi connectivity index (χ3v) is 9.48. The summed E-state index contributed by atoms with van der Waals surface area (Å²) < 4.78 is 5.22. The van der Waals surface area contributed by atoms with E-state index in [2.05, 4.69) is 11.0 Å². The van der Waals surface area contributed by atoms with Crippen LogP contribution in [0.2, 0.25) is 0 Å². The summed E-state index contributed by atoms with van der Waals surface area (Å²) in [6.45, 7) is 1.71. The molecule has 6 heteroatoms. The van der Waals surface area contributed by atoms with E-state index < -0.39 is 22.6 Å². The lowest BCUT2D eigenvalue weighted by Crippen LogP contribution is -2.82. The fourth-order valence-corrected chi connectivity index (χ4v) is 9.19. The maximum Gasteiger partial charge on any atom is 0.414 e. The van der Waals surface area contributed by atoms with Gasteiger partial charge in [0, 0.05) is 18.5 Å². The van der Waals surface area contributed by atoms with E-state index in [9.17, 15) is 14.7 Å². The Balaban J connectivity index is 1.65. The number of nitrogens with zero attached hydrogens (tertiary/aromatic N) is 2. The van der Waals surface area contributed by atoms with E-state index in [-0.39, 0.29) is 23.2 Å². The van der Waals surface area contributed by atoms with Gasteiger partial charge in [-0.1, -0.05) is 18.2 Å². The molecule has 2 saturated heterocycles. The molecule has 1 amide bonds. The van der Waals surface area contributed by atoms with Crippen molar-refractivity contribution in [1.29, 1.82) is 0 Å². The van der Waals surface area contributed by atoms with E-state index in [1.165, 1.54) is 7.11 Å². The SMILES string of the molecule is COC(=O)N1c2ccccc2[C@@]23[C@@H]4CN5CCCC6(CCC12[C@@](O)(C6)C4=O)[C@H]53. The molecular weight excluding hydrogens is 356 g/mol. The molecule has 4 aliphatic carbocycles. The Morgan fingerprint density at radius 1 is 1.25 bits per heavy atom. The maximum atomic E-state index is 13.8. The van der Waals surface area contributed by atoms with Crippen molar-refractivity contribution >= 4 is 17.6 Å². The van der Waals surface area contributed by atoms with Crippen LogP contribution in [0.25, 0.3) is 0 Å². The Morgan fingerprint density at radius 2 is 2.07 bits per heavy atom. The van der Waals surface area contributed by atoms with Crippen LogP contribution in [0.5, 0.6) is 0 Å². The summed E-state index contributed by atoms with van der Waals surface area (Å²) in [5.74, 6) is -0.287. The van der Waals surface area contributed by atoms with Crippen LogP contribution < -0.4 is 4.90 Å². The number of carbonyl (C=O) groups is 2. The number of Topliss-reactive ketones (excluding diaryl/α,β-unsaturated/α-hetero) is 1. The van der Waals surface area contributed by atoms with Crippen LogP contribution in [0, 0.1) is 11.3 Å². The number of hydrogen-bond donors (Lipinski definition) is 1. The Kier molecular flexibility index (Phi) is 2.45. The molecule has 1 aromatic rings. The zero-order valence-electron chi connectivity index (χ0n) is 16.0. The van der Waals surface area contributed by atoms with Crippen molar-refractivity contribution in [3.05, 3.63) is 29.8 Å². The fraction of sp³-hybridized carbons (Fsp3) is 0.636. The zero-order chi connectivity index (χ0) is 19.1. The van der Waals surface area contributed by atoms with Gasteiger partial charge in [-0.3, -0.25) is 14.6 Å². The smallest absolute Gasteiger partial charge is 0.414 e. The van der Waals surface area contributed by atoms with Gasteiger partial charge in [-0.15, -0.1) is 0 Å². The molecule has 6 atom stereocenters. The van der Waals surface area contributed by atoms with E-state index in [1.807, 2.05) is 18.2 Å². The first kappa shape index (κ1) is 15.9. The monoisotopic (exact) mass is 380 g/mol. The lowest BCUT2D eigenvalue weighted by atomic mass is 9.40. The number of hydrogen-bond acceptors (Lipinski definition) is 5.